The van der Waals surface area contributed by atoms with Crippen molar-refractivity contribution < 1.29 is 14.6 Å². The third-order valence-electron chi connectivity index (χ3n) is 5.19. The van der Waals surface area contributed by atoms with E-state index < -0.39 is 6.10 Å². The fourth-order valence-electron chi connectivity index (χ4n) is 3.62. The highest BCUT2D eigenvalue weighted by Gasteiger charge is 2.24. The molecule has 145 valence electrons. The van der Waals surface area contributed by atoms with Gasteiger partial charge in [-0.3, -0.25) is 0 Å². The predicted molar refractivity (Wildman–Crippen MR) is 112 cm³/mol. The Labute approximate surface area is 167 Å². The first-order valence-corrected chi connectivity index (χ1v) is 9.52. The second-order valence-corrected chi connectivity index (χ2v) is 7.06. The molecule has 3 rings (SSSR count). The van der Waals surface area contributed by atoms with Gasteiger partial charge in [-0.2, -0.15) is 0 Å². The minimum absolute atomic E-state index is 0.0157. The van der Waals surface area contributed by atoms with Gasteiger partial charge in [-0.15, -0.1) is 0 Å². The Morgan fingerprint density at radius 3 is 1.93 bits per heavy atom. The van der Waals surface area contributed by atoms with Gasteiger partial charge in [0, 0.05) is 5.56 Å². The largest absolute Gasteiger partial charge is 0.496 e. The number of benzene rings is 3. The number of ether oxygens (including phenoxy) is 2. The first kappa shape index (κ1) is 20.0. The topological polar surface area (TPSA) is 38.7 Å². The summed E-state index contributed by atoms with van der Waals surface area (Å²) in [5.41, 5.74) is 4.13. The molecule has 0 fully saturated rings. The Morgan fingerprint density at radius 2 is 1.39 bits per heavy atom. The lowest BCUT2D eigenvalue weighted by Gasteiger charge is -2.25. The number of aliphatic hydroxyl groups is 1. The monoisotopic (exact) mass is 375 g/mol. The van der Waals surface area contributed by atoms with Crippen LogP contribution < -0.4 is 9.47 Å². The number of aliphatic hydroxyl groups excluding tert-OH is 1. The Morgan fingerprint density at radius 1 is 0.857 bits per heavy atom. The number of hydrogen-bond donors (Lipinski definition) is 1. The molecule has 0 aliphatic heterocycles. The van der Waals surface area contributed by atoms with Crippen LogP contribution in [-0.4, -0.2) is 19.3 Å². The summed E-state index contributed by atoms with van der Waals surface area (Å²) in [7, 11) is 3.28. The van der Waals surface area contributed by atoms with Gasteiger partial charge in [-0.05, 0) is 60.6 Å². The average molecular weight is 375 g/mol. The van der Waals surface area contributed by atoms with Crippen molar-refractivity contribution in [1.29, 1.82) is 0 Å². The van der Waals surface area contributed by atoms with Crippen molar-refractivity contribution in [3.05, 3.63) is 95.1 Å². The third kappa shape index (κ3) is 4.73. The van der Waals surface area contributed by atoms with E-state index >= 15 is 0 Å². The van der Waals surface area contributed by atoms with Gasteiger partial charge in [-0.25, -0.2) is 0 Å². The normalized spacial score (nSPS) is 12.0. The van der Waals surface area contributed by atoms with Crippen LogP contribution in [0.25, 0.3) is 0 Å². The van der Waals surface area contributed by atoms with Crippen LogP contribution in [0.2, 0.25) is 0 Å². The third-order valence-corrected chi connectivity index (χ3v) is 5.19. The van der Waals surface area contributed by atoms with Crippen LogP contribution in [0.1, 0.15) is 28.4 Å². The van der Waals surface area contributed by atoms with Crippen LogP contribution in [0.4, 0.5) is 0 Å². The van der Waals surface area contributed by atoms with Crippen molar-refractivity contribution in [3.8, 4) is 11.5 Å². The second kappa shape index (κ2) is 9.43. The minimum Gasteiger partial charge on any atom is -0.496 e. The molecule has 0 heterocycles. The average Bonchev–Trinajstić information content (AvgIpc) is 2.74. The quantitative estimate of drug-likeness (QED) is 0.606. The Balaban J connectivity index is 1.94. The summed E-state index contributed by atoms with van der Waals surface area (Å²) in [5, 5.41) is 11.3. The van der Waals surface area contributed by atoms with E-state index in [9.17, 15) is 5.11 Å². The molecule has 0 aromatic heterocycles. The summed E-state index contributed by atoms with van der Waals surface area (Å²) in [6.45, 7) is 1.95. The smallest absolute Gasteiger partial charge is 0.125 e. The van der Waals surface area contributed by atoms with E-state index in [0.29, 0.717) is 0 Å². The molecule has 3 aromatic carbocycles. The molecule has 3 nitrogen and oxygen atoms in total. The lowest BCUT2D eigenvalue weighted by molar-refractivity contribution is 0.107. The number of methoxy groups -OCH3 is 2. The van der Waals surface area contributed by atoms with E-state index in [-0.39, 0.29) is 5.92 Å². The summed E-state index contributed by atoms with van der Waals surface area (Å²) in [6.07, 6.45) is 0.898. The molecule has 2 atom stereocenters. The molecule has 2 unspecified atom stereocenters. The lowest BCUT2D eigenvalue weighted by atomic mass is 9.84. The maximum atomic E-state index is 11.3. The summed E-state index contributed by atoms with van der Waals surface area (Å²) < 4.78 is 11.0. The summed E-state index contributed by atoms with van der Waals surface area (Å²) >= 11 is 0. The van der Waals surface area contributed by atoms with E-state index in [1.165, 1.54) is 11.1 Å². The molecular weight excluding hydrogens is 348 g/mol. The van der Waals surface area contributed by atoms with Gasteiger partial charge in [0.15, 0.2) is 0 Å². The lowest BCUT2D eigenvalue weighted by Crippen LogP contribution is -2.18. The van der Waals surface area contributed by atoms with Crippen molar-refractivity contribution >= 4 is 0 Å². The highest BCUT2D eigenvalue weighted by Crippen LogP contribution is 2.36. The SMILES string of the molecule is COc1cc(C(O)C(Cc2cc[c]cc2)Cc2ccccc2)cc(OC)c1C. The summed E-state index contributed by atoms with van der Waals surface area (Å²) in [6, 6.07) is 25.1. The molecule has 0 aliphatic rings. The molecule has 0 aliphatic carbocycles. The molecule has 0 amide bonds. The maximum Gasteiger partial charge on any atom is 0.125 e. The molecule has 0 bridgehead atoms. The molecule has 0 saturated heterocycles. The fourth-order valence-corrected chi connectivity index (χ4v) is 3.62. The number of hydrogen-bond acceptors (Lipinski definition) is 3. The first-order valence-electron chi connectivity index (χ1n) is 9.52. The van der Waals surface area contributed by atoms with Crippen LogP contribution in [0.3, 0.4) is 0 Å². The van der Waals surface area contributed by atoms with Crippen molar-refractivity contribution in [1.82, 2.24) is 0 Å². The molecule has 3 aromatic rings. The van der Waals surface area contributed by atoms with Crippen LogP contribution in [0.15, 0.2) is 66.7 Å². The molecule has 28 heavy (non-hydrogen) atoms. The Kier molecular flexibility index (Phi) is 6.72. The van der Waals surface area contributed by atoms with Gasteiger partial charge >= 0.3 is 0 Å². The van der Waals surface area contributed by atoms with Crippen LogP contribution >= 0.6 is 0 Å². The van der Waals surface area contributed by atoms with E-state index in [0.717, 1.165) is 35.5 Å². The molecule has 0 saturated carbocycles. The summed E-state index contributed by atoms with van der Waals surface area (Å²) in [4.78, 5) is 0. The van der Waals surface area contributed by atoms with Crippen molar-refractivity contribution in [2.45, 2.75) is 25.9 Å². The van der Waals surface area contributed by atoms with Crippen LogP contribution in [-0.2, 0) is 12.8 Å². The minimum atomic E-state index is -0.646. The van der Waals surface area contributed by atoms with Gasteiger partial charge < -0.3 is 14.6 Å². The van der Waals surface area contributed by atoms with Crippen LogP contribution in [0, 0.1) is 18.9 Å². The van der Waals surface area contributed by atoms with E-state index in [4.69, 9.17) is 9.47 Å². The maximum absolute atomic E-state index is 11.3. The molecular formula is C25H27O3. The van der Waals surface area contributed by atoms with Gasteiger partial charge in [-0.1, -0.05) is 54.6 Å². The highest BCUT2D eigenvalue weighted by molar-refractivity contribution is 5.48. The molecule has 0 spiro atoms. The summed E-state index contributed by atoms with van der Waals surface area (Å²) in [5.74, 6) is 1.46. The first-order chi connectivity index (χ1) is 13.6. The van der Waals surface area contributed by atoms with E-state index in [1.807, 2.05) is 49.4 Å². The molecule has 3 heteroatoms. The number of rotatable bonds is 8. The fraction of sp³-hybridized carbons (Fsp3) is 0.280. The zero-order valence-electron chi connectivity index (χ0n) is 16.7. The zero-order chi connectivity index (χ0) is 19.9. The highest BCUT2D eigenvalue weighted by atomic mass is 16.5. The predicted octanol–water partition coefficient (Wildman–Crippen LogP) is 4.95. The van der Waals surface area contributed by atoms with E-state index in [1.54, 1.807) is 14.2 Å². The van der Waals surface area contributed by atoms with Gasteiger partial charge in [0.05, 0.1) is 20.3 Å². The van der Waals surface area contributed by atoms with E-state index in [2.05, 4.69) is 30.3 Å². The Hall–Kier alpha value is -2.78. The van der Waals surface area contributed by atoms with Crippen molar-refractivity contribution in [2.24, 2.45) is 5.92 Å². The van der Waals surface area contributed by atoms with Gasteiger partial charge in [0.25, 0.3) is 0 Å². The molecule has 1 N–H and O–H groups in total. The Bertz CT molecular complexity index is 808. The van der Waals surface area contributed by atoms with Crippen LogP contribution in [0.5, 0.6) is 11.5 Å². The zero-order valence-corrected chi connectivity index (χ0v) is 16.7. The standard InChI is InChI=1S/C25H27O3/c1-18-23(27-2)16-22(17-24(18)28-3)25(26)21(14-19-10-6-4-7-11-19)15-20-12-8-5-9-13-20/h4,6-13,16-17,21,25-26H,14-15H2,1-3H3. The van der Waals surface area contributed by atoms with Crippen molar-refractivity contribution in [2.75, 3.05) is 14.2 Å². The van der Waals surface area contributed by atoms with Gasteiger partial charge in [0.2, 0.25) is 0 Å². The van der Waals surface area contributed by atoms with Gasteiger partial charge in [0.1, 0.15) is 11.5 Å². The molecule has 1 radical (unpaired) electrons. The van der Waals surface area contributed by atoms with Crippen molar-refractivity contribution in [3.63, 3.8) is 0 Å². The second-order valence-electron chi connectivity index (χ2n) is 7.06.